The topological polar surface area (TPSA) is 0 Å². The SMILES string of the molecule is C#Cc1cc(F)c(-c2ccc(C)cc2)c(F)c1. The zero-order valence-corrected chi connectivity index (χ0v) is 9.30. The Bertz CT molecular complexity index is 566. The van der Waals surface area contributed by atoms with Crippen LogP contribution in [0.2, 0.25) is 0 Å². The van der Waals surface area contributed by atoms with Gasteiger partial charge in [-0.15, -0.1) is 6.42 Å². The summed E-state index contributed by atoms with van der Waals surface area (Å²) in [6, 6.07) is 9.32. The average Bonchev–Trinajstić information content (AvgIpc) is 2.30. The van der Waals surface area contributed by atoms with Gasteiger partial charge in [0.05, 0.1) is 5.56 Å². The Balaban J connectivity index is 2.60. The first-order valence-corrected chi connectivity index (χ1v) is 5.14. The van der Waals surface area contributed by atoms with E-state index in [-0.39, 0.29) is 11.1 Å². The van der Waals surface area contributed by atoms with E-state index in [0.29, 0.717) is 5.56 Å². The van der Waals surface area contributed by atoms with Crippen LogP contribution < -0.4 is 0 Å². The van der Waals surface area contributed by atoms with Gasteiger partial charge in [0.15, 0.2) is 0 Å². The van der Waals surface area contributed by atoms with Crippen LogP contribution in [0, 0.1) is 30.9 Å². The molecule has 0 saturated carbocycles. The summed E-state index contributed by atoms with van der Waals surface area (Å²) >= 11 is 0. The van der Waals surface area contributed by atoms with Gasteiger partial charge in [0.25, 0.3) is 0 Å². The Morgan fingerprint density at radius 2 is 1.53 bits per heavy atom. The molecule has 0 radical (unpaired) electrons. The predicted molar refractivity (Wildman–Crippen MR) is 64.5 cm³/mol. The molecule has 0 N–H and O–H groups in total. The van der Waals surface area contributed by atoms with Crippen LogP contribution in [-0.2, 0) is 0 Å². The highest BCUT2D eigenvalue weighted by atomic mass is 19.1. The van der Waals surface area contributed by atoms with Crippen molar-refractivity contribution in [3.8, 4) is 23.5 Å². The maximum atomic E-state index is 13.7. The third-order valence-electron chi connectivity index (χ3n) is 2.55. The van der Waals surface area contributed by atoms with Crippen LogP contribution in [0.5, 0.6) is 0 Å². The van der Waals surface area contributed by atoms with E-state index in [1.54, 1.807) is 12.1 Å². The lowest BCUT2D eigenvalue weighted by molar-refractivity contribution is 0.589. The second-order valence-electron chi connectivity index (χ2n) is 3.83. The molecule has 0 spiro atoms. The molecule has 0 aliphatic carbocycles. The summed E-state index contributed by atoms with van der Waals surface area (Å²) in [6.45, 7) is 1.91. The zero-order valence-electron chi connectivity index (χ0n) is 9.30. The van der Waals surface area contributed by atoms with Crippen molar-refractivity contribution in [2.45, 2.75) is 6.92 Å². The number of hydrogen-bond donors (Lipinski definition) is 0. The number of aryl methyl sites for hydroxylation is 1. The fourth-order valence-electron chi connectivity index (χ4n) is 1.65. The molecule has 0 aromatic heterocycles. The molecule has 84 valence electrons. The molecule has 0 saturated heterocycles. The highest BCUT2D eigenvalue weighted by molar-refractivity contribution is 5.66. The molecule has 0 unspecified atom stereocenters. The summed E-state index contributed by atoms with van der Waals surface area (Å²) in [5.74, 6) is 0.942. The standard InChI is InChI=1S/C15H10F2/c1-3-11-8-13(16)15(14(17)9-11)12-6-4-10(2)5-7-12/h1,4-9H,2H3. The second kappa shape index (κ2) is 4.39. The molecule has 0 heterocycles. The predicted octanol–water partition coefficient (Wildman–Crippen LogP) is 3.92. The number of terminal acetylenes is 1. The van der Waals surface area contributed by atoms with Crippen molar-refractivity contribution in [3.63, 3.8) is 0 Å². The monoisotopic (exact) mass is 228 g/mol. The zero-order chi connectivity index (χ0) is 12.4. The minimum Gasteiger partial charge on any atom is -0.206 e. The first-order valence-electron chi connectivity index (χ1n) is 5.14. The van der Waals surface area contributed by atoms with Crippen LogP contribution in [0.4, 0.5) is 8.78 Å². The van der Waals surface area contributed by atoms with Gasteiger partial charge in [0.2, 0.25) is 0 Å². The highest BCUT2D eigenvalue weighted by Crippen LogP contribution is 2.27. The Kier molecular flexibility index (Phi) is 2.93. The van der Waals surface area contributed by atoms with E-state index >= 15 is 0 Å². The molecule has 0 amide bonds. The summed E-state index contributed by atoms with van der Waals surface area (Å²) in [4.78, 5) is 0. The Hall–Kier alpha value is -2.14. The normalized spacial score (nSPS) is 10.0. The molecule has 0 nitrogen and oxygen atoms in total. The molecule has 0 aliphatic heterocycles. The van der Waals surface area contributed by atoms with Crippen LogP contribution in [0.3, 0.4) is 0 Å². The van der Waals surface area contributed by atoms with E-state index in [4.69, 9.17) is 6.42 Å². The minimum absolute atomic E-state index is 0.0380. The molecule has 2 rings (SSSR count). The van der Waals surface area contributed by atoms with Gasteiger partial charge in [-0.05, 0) is 24.6 Å². The Morgan fingerprint density at radius 3 is 2.00 bits per heavy atom. The molecule has 2 aromatic rings. The molecular weight excluding hydrogens is 218 g/mol. The number of rotatable bonds is 1. The molecule has 0 aliphatic rings. The van der Waals surface area contributed by atoms with Crippen molar-refractivity contribution in [1.82, 2.24) is 0 Å². The summed E-state index contributed by atoms with van der Waals surface area (Å²) in [6.07, 6.45) is 5.11. The summed E-state index contributed by atoms with van der Waals surface area (Å²) in [7, 11) is 0. The van der Waals surface area contributed by atoms with E-state index in [1.165, 1.54) is 0 Å². The van der Waals surface area contributed by atoms with Gasteiger partial charge in [-0.2, -0.15) is 0 Å². The first-order chi connectivity index (χ1) is 8.11. The molecule has 17 heavy (non-hydrogen) atoms. The number of hydrogen-bond acceptors (Lipinski definition) is 0. The number of benzene rings is 2. The van der Waals surface area contributed by atoms with Gasteiger partial charge in [0, 0.05) is 5.56 Å². The van der Waals surface area contributed by atoms with Crippen molar-refractivity contribution in [1.29, 1.82) is 0 Å². The molecule has 0 atom stereocenters. The maximum Gasteiger partial charge on any atom is 0.135 e. The summed E-state index contributed by atoms with van der Waals surface area (Å²) in [5.41, 5.74) is 1.71. The van der Waals surface area contributed by atoms with Gasteiger partial charge in [0.1, 0.15) is 11.6 Å². The van der Waals surface area contributed by atoms with Crippen molar-refractivity contribution < 1.29 is 8.78 Å². The van der Waals surface area contributed by atoms with Crippen LogP contribution >= 0.6 is 0 Å². The quantitative estimate of drug-likeness (QED) is 0.649. The third kappa shape index (κ3) is 2.19. The van der Waals surface area contributed by atoms with Crippen LogP contribution in [-0.4, -0.2) is 0 Å². The lowest BCUT2D eigenvalue weighted by Gasteiger charge is -2.06. The van der Waals surface area contributed by atoms with E-state index in [2.05, 4.69) is 5.92 Å². The summed E-state index contributed by atoms with van der Waals surface area (Å²) < 4.78 is 27.5. The Labute approximate surface area is 98.9 Å². The van der Waals surface area contributed by atoms with E-state index < -0.39 is 11.6 Å². The van der Waals surface area contributed by atoms with Gasteiger partial charge in [-0.1, -0.05) is 35.7 Å². The largest absolute Gasteiger partial charge is 0.206 e. The van der Waals surface area contributed by atoms with Crippen LogP contribution in [0.15, 0.2) is 36.4 Å². The molecule has 2 aromatic carbocycles. The van der Waals surface area contributed by atoms with Crippen molar-refractivity contribution in [2.24, 2.45) is 0 Å². The van der Waals surface area contributed by atoms with Gasteiger partial charge in [-0.25, -0.2) is 8.78 Å². The fraction of sp³-hybridized carbons (Fsp3) is 0.0667. The van der Waals surface area contributed by atoms with Crippen molar-refractivity contribution in [3.05, 3.63) is 59.2 Å². The molecule has 0 fully saturated rings. The third-order valence-corrected chi connectivity index (χ3v) is 2.55. The van der Waals surface area contributed by atoms with Gasteiger partial charge < -0.3 is 0 Å². The van der Waals surface area contributed by atoms with E-state index in [0.717, 1.165) is 17.7 Å². The average molecular weight is 228 g/mol. The molecule has 0 bridgehead atoms. The van der Waals surface area contributed by atoms with Crippen molar-refractivity contribution in [2.75, 3.05) is 0 Å². The maximum absolute atomic E-state index is 13.7. The van der Waals surface area contributed by atoms with Gasteiger partial charge in [-0.3, -0.25) is 0 Å². The highest BCUT2D eigenvalue weighted by Gasteiger charge is 2.12. The van der Waals surface area contributed by atoms with E-state index in [9.17, 15) is 8.78 Å². The first kappa shape index (κ1) is 11.3. The lowest BCUT2D eigenvalue weighted by Crippen LogP contribution is -1.92. The lowest BCUT2D eigenvalue weighted by atomic mass is 10.0. The van der Waals surface area contributed by atoms with Crippen molar-refractivity contribution >= 4 is 0 Å². The smallest absolute Gasteiger partial charge is 0.135 e. The summed E-state index contributed by atoms with van der Waals surface area (Å²) in [5, 5.41) is 0. The fourth-order valence-corrected chi connectivity index (χ4v) is 1.65. The second-order valence-corrected chi connectivity index (χ2v) is 3.83. The minimum atomic E-state index is -0.637. The van der Waals surface area contributed by atoms with Gasteiger partial charge >= 0.3 is 0 Å². The molecular formula is C15H10F2. The van der Waals surface area contributed by atoms with Crippen LogP contribution in [0.25, 0.3) is 11.1 Å². The van der Waals surface area contributed by atoms with E-state index in [1.807, 2.05) is 19.1 Å². The molecule has 2 heteroatoms. The Morgan fingerprint density at radius 1 is 1.00 bits per heavy atom. The number of halogens is 2. The van der Waals surface area contributed by atoms with Crippen LogP contribution in [0.1, 0.15) is 11.1 Å².